The van der Waals surface area contributed by atoms with E-state index in [2.05, 4.69) is 0 Å². The molecule has 0 aromatic rings. The van der Waals surface area contributed by atoms with Crippen LogP contribution < -0.4 is 11.5 Å². The van der Waals surface area contributed by atoms with Crippen LogP contribution in [-0.2, 0) is 14.3 Å². The van der Waals surface area contributed by atoms with Gasteiger partial charge in [-0.15, -0.1) is 24.8 Å². The SMILES string of the molecule is Cl.Cl.N[C@@H](CSCCCOC(=O)[C@@H](N)CSCCCO)C(=O)O. The molecular formula is C12H26Cl2N2O5S2. The van der Waals surface area contributed by atoms with Crippen molar-refractivity contribution in [2.24, 2.45) is 11.5 Å². The van der Waals surface area contributed by atoms with Gasteiger partial charge in [-0.2, -0.15) is 23.5 Å². The predicted octanol–water partition coefficient (Wildman–Crippen LogP) is 0.351. The summed E-state index contributed by atoms with van der Waals surface area (Å²) in [5.74, 6) is 0.801. The maximum atomic E-state index is 11.5. The number of hydrogen-bond donors (Lipinski definition) is 4. The lowest BCUT2D eigenvalue weighted by molar-refractivity contribution is -0.144. The van der Waals surface area contributed by atoms with Gasteiger partial charge in [-0.3, -0.25) is 9.59 Å². The van der Waals surface area contributed by atoms with Crippen LogP contribution in [0.2, 0.25) is 0 Å². The van der Waals surface area contributed by atoms with Crippen LogP contribution >= 0.6 is 48.3 Å². The van der Waals surface area contributed by atoms with Crippen LogP contribution in [0.1, 0.15) is 12.8 Å². The summed E-state index contributed by atoms with van der Waals surface area (Å²) in [5, 5.41) is 17.2. The molecule has 0 spiro atoms. The molecule has 0 aliphatic carbocycles. The molecule has 7 nitrogen and oxygen atoms in total. The quantitative estimate of drug-likeness (QED) is 0.249. The van der Waals surface area contributed by atoms with Gasteiger partial charge in [0.25, 0.3) is 0 Å². The first-order valence-electron chi connectivity index (χ1n) is 6.66. The van der Waals surface area contributed by atoms with Crippen LogP contribution in [0.3, 0.4) is 0 Å². The van der Waals surface area contributed by atoms with Crippen molar-refractivity contribution in [1.29, 1.82) is 0 Å². The van der Waals surface area contributed by atoms with E-state index in [0.717, 1.165) is 5.75 Å². The van der Waals surface area contributed by atoms with Crippen LogP contribution in [0, 0.1) is 0 Å². The molecular weight excluding hydrogens is 387 g/mol. The zero-order valence-electron chi connectivity index (χ0n) is 12.7. The monoisotopic (exact) mass is 412 g/mol. The van der Waals surface area contributed by atoms with Gasteiger partial charge in [0.15, 0.2) is 0 Å². The number of thioether (sulfide) groups is 2. The van der Waals surface area contributed by atoms with Crippen molar-refractivity contribution in [2.75, 3.05) is 36.2 Å². The second kappa shape index (κ2) is 18.4. The number of carbonyl (C=O) groups is 2. The molecule has 2 atom stereocenters. The van der Waals surface area contributed by atoms with Gasteiger partial charge < -0.3 is 26.4 Å². The highest BCUT2D eigenvalue weighted by atomic mass is 35.5. The molecule has 11 heteroatoms. The maximum absolute atomic E-state index is 11.5. The number of carbonyl (C=O) groups excluding carboxylic acids is 1. The number of carboxylic acids is 1. The first kappa shape index (κ1) is 27.9. The van der Waals surface area contributed by atoms with Crippen molar-refractivity contribution in [3.63, 3.8) is 0 Å². The molecule has 0 rings (SSSR count). The van der Waals surface area contributed by atoms with Gasteiger partial charge in [-0.1, -0.05) is 0 Å². The summed E-state index contributed by atoms with van der Waals surface area (Å²) in [5.41, 5.74) is 11.0. The molecule has 0 radical (unpaired) electrons. The van der Waals surface area contributed by atoms with E-state index in [-0.39, 0.29) is 38.0 Å². The van der Waals surface area contributed by atoms with E-state index in [1.165, 1.54) is 23.5 Å². The largest absolute Gasteiger partial charge is 0.480 e. The molecule has 0 aromatic carbocycles. The normalized spacial score (nSPS) is 12.5. The fourth-order valence-electron chi connectivity index (χ4n) is 1.17. The second-order valence-corrected chi connectivity index (χ2v) is 6.60. The van der Waals surface area contributed by atoms with E-state index in [1.807, 2.05) is 0 Å². The molecule has 0 amide bonds. The number of halogens is 2. The summed E-state index contributed by atoms with van der Waals surface area (Å²) in [4.78, 5) is 22.0. The van der Waals surface area contributed by atoms with E-state index in [9.17, 15) is 9.59 Å². The molecule has 23 heavy (non-hydrogen) atoms. The lowest BCUT2D eigenvalue weighted by atomic mass is 10.4. The molecule has 140 valence electrons. The summed E-state index contributed by atoms with van der Waals surface area (Å²) in [6.45, 7) is 0.402. The van der Waals surface area contributed by atoms with E-state index in [1.54, 1.807) is 0 Å². The van der Waals surface area contributed by atoms with E-state index >= 15 is 0 Å². The maximum Gasteiger partial charge on any atom is 0.323 e. The van der Waals surface area contributed by atoms with Crippen LogP contribution in [0.25, 0.3) is 0 Å². The highest BCUT2D eigenvalue weighted by Gasteiger charge is 2.15. The van der Waals surface area contributed by atoms with Gasteiger partial charge >= 0.3 is 11.9 Å². The Morgan fingerprint density at radius 2 is 1.52 bits per heavy atom. The Balaban J connectivity index is -0.00000200. The topological polar surface area (TPSA) is 136 Å². The number of aliphatic hydroxyl groups excluding tert-OH is 1. The van der Waals surface area contributed by atoms with Crippen molar-refractivity contribution in [3.8, 4) is 0 Å². The Morgan fingerprint density at radius 1 is 1.00 bits per heavy atom. The summed E-state index contributed by atoms with van der Waals surface area (Å²) in [6.07, 6.45) is 1.31. The molecule has 0 saturated heterocycles. The minimum absolute atomic E-state index is 0. The Bertz CT molecular complexity index is 317. The molecule has 0 saturated carbocycles. The van der Waals surface area contributed by atoms with Gasteiger partial charge in [0.1, 0.15) is 12.1 Å². The summed E-state index contributed by atoms with van der Waals surface area (Å²) < 4.78 is 5.03. The molecule has 0 fully saturated rings. The van der Waals surface area contributed by atoms with Crippen molar-refractivity contribution in [2.45, 2.75) is 24.9 Å². The number of ether oxygens (including phenoxy) is 1. The summed E-state index contributed by atoms with van der Waals surface area (Å²) >= 11 is 2.92. The van der Waals surface area contributed by atoms with Crippen LogP contribution in [0.5, 0.6) is 0 Å². The average Bonchev–Trinajstić information content (AvgIpc) is 2.46. The third kappa shape index (κ3) is 16.7. The summed E-state index contributed by atoms with van der Waals surface area (Å²) in [7, 11) is 0. The van der Waals surface area contributed by atoms with E-state index in [0.29, 0.717) is 30.1 Å². The fraction of sp³-hybridized carbons (Fsp3) is 0.833. The Hall–Kier alpha value is 0.1000. The van der Waals surface area contributed by atoms with E-state index in [4.69, 9.17) is 26.4 Å². The number of esters is 1. The third-order valence-corrected chi connectivity index (χ3v) is 4.68. The van der Waals surface area contributed by atoms with Gasteiger partial charge in [0.05, 0.1) is 6.61 Å². The second-order valence-electron chi connectivity index (χ2n) is 4.30. The highest BCUT2D eigenvalue weighted by molar-refractivity contribution is 7.99. The van der Waals surface area contributed by atoms with Crippen molar-refractivity contribution < 1.29 is 24.5 Å². The standard InChI is InChI=1S/C12H24N2O5S2.2ClH/c13-9(11(16)17)7-21-6-2-4-19-12(18)10(14)8-20-5-1-3-15;;/h9-10,15H,1-8,13-14H2,(H,16,17);2*1H/t9-,10-;;/m0../s1. The van der Waals surface area contributed by atoms with Crippen LogP contribution in [0.15, 0.2) is 0 Å². The number of carboxylic acid groups (broad SMARTS) is 1. The molecule has 6 N–H and O–H groups in total. The lowest BCUT2D eigenvalue weighted by Gasteiger charge is -2.11. The van der Waals surface area contributed by atoms with Gasteiger partial charge in [-0.05, 0) is 24.3 Å². The lowest BCUT2D eigenvalue weighted by Crippen LogP contribution is -2.35. The molecule has 0 aliphatic rings. The van der Waals surface area contributed by atoms with Crippen LogP contribution in [0.4, 0.5) is 0 Å². The number of aliphatic hydroxyl groups is 1. The molecule has 0 unspecified atom stereocenters. The van der Waals surface area contributed by atoms with Crippen molar-refractivity contribution >= 4 is 60.3 Å². The molecule has 0 heterocycles. The Labute approximate surface area is 157 Å². The minimum Gasteiger partial charge on any atom is -0.480 e. The smallest absolute Gasteiger partial charge is 0.323 e. The summed E-state index contributed by atoms with van der Waals surface area (Å²) in [6, 6.07) is -1.51. The van der Waals surface area contributed by atoms with Gasteiger partial charge in [-0.25, -0.2) is 0 Å². The number of nitrogens with two attached hydrogens (primary N) is 2. The number of rotatable bonds is 13. The predicted molar refractivity (Wildman–Crippen MR) is 100 cm³/mol. The van der Waals surface area contributed by atoms with Crippen LogP contribution in [-0.4, -0.2) is 70.5 Å². The van der Waals surface area contributed by atoms with Gasteiger partial charge in [0.2, 0.25) is 0 Å². The molecule has 0 aliphatic heterocycles. The highest BCUT2D eigenvalue weighted by Crippen LogP contribution is 2.06. The van der Waals surface area contributed by atoms with Crippen molar-refractivity contribution in [1.82, 2.24) is 0 Å². The minimum atomic E-state index is -1.02. The molecule has 0 bridgehead atoms. The number of aliphatic carboxylic acids is 1. The van der Waals surface area contributed by atoms with E-state index < -0.39 is 24.0 Å². The zero-order valence-corrected chi connectivity index (χ0v) is 16.0. The average molecular weight is 413 g/mol. The Kier molecular flexibility index (Phi) is 22.4. The third-order valence-electron chi connectivity index (χ3n) is 2.34. The molecule has 0 aromatic heterocycles. The fourth-order valence-corrected chi connectivity index (χ4v) is 2.94. The first-order valence-corrected chi connectivity index (χ1v) is 8.97. The Morgan fingerprint density at radius 3 is 2.04 bits per heavy atom. The zero-order chi connectivity index (χ0) is 16.1. The van der Waals surface area contributed by atoms with Crippen molar-refractivity contribution in [3.05, 3.63) is 0 Å². The van der Waals surface area contributed by atoms with Gasteiger partial charge in [0, 0.05) is 18.1 Å². The first-order chi connectivity index (χ1) is 9.99. The number of hydrogen-bond acceptors (Lipinski definition) is 8.